The third-order valence-corrected chi connectivity index (χ3v) is 4.61. The second kappa shape index (κ2) is 7.68. The van der Waals surface area contributed by atoms with Crippen molar-refractivity contribution >= 4 is 17.6 Å². The molecule has 0 saturated heterocycles. The fourth-order valence-electron chi connectivity index (χ4n) is 3.13. The summed E-state index contributed by atoms with van der Waals surface area (Å²) < 4.78 is 5.47. The van der Waals surface area contributed by atoms with Crippen molar-refractivity contribution in [1.82, 2.24) is 4.98 Å². The Morgan fingerprint density at radius 1 is 1.12 bits per heavy atom. The van der Waals surface area contributed by atoms with Gasteiger partial charge in [0.1, 0.15) is 0 Å². The molecule has 0 spiro atoms. The molecule has 1 heterocycles. The van der Waals surface area contributed by atoms with Crippen molar-refractivity contribution in [2.24, 2.45) is 5.92 Å². The Morgan fingerprint density at radius 2 is 1.88 bits per heavy atom. The van der Waals surface area contributed by atoms with E-state index in [1.165, 1.54) is 17.3 Å². The number of aromatic nitrogens is 1. The topological polar surface area (TPSA) is 68.3 Å². The van der Waals surface area contributed by atoms with Crippen LogP contribution in [0.3, 0.4) is 0 Å². The standard InChI is InChI=1S/C21H24N2O3/c1-13(2)19(26-21(25)17-8-7-14(3)22-12-17)20(24)23-18-10-9-15-5-4-6-16(15)11-18/h7-13,19H,4-6H2,1-3H3,(H,23,24)/t19-/m0/s1. The van der Waals surface area contributed by atoms with Gasteiger partial charge in [0.25, 0.3) is 5.91 Å². The second-order valence-electron chi connectivity index (χ2n) is 7.08. The number of rotatable bonds is 5. The smallest absolute Gasteiger partial charge is 0.340 e. The van der Waals surface area contributed by atoms with Crippen molar-refractivity contribution in [2.45, 2.75) is 46.1 Å². The zero-order valence-electron chi connectivity index (χ0n) is 15.4. The van der Waals surface area contributed by atoms with Crippen molar-refractivity contribution in [3.8, 4) is 0 Å². The number of carbonyl (C=O) groups excluding carboxylic acids is 2. The number of carbonyl (C=O) groups is 2. The Morgan fingerprint density at radius 3 is 2.58 bits per heavy atom. The number of nitrogens with one attached hydrogen (secondary N) is 1. The number of ether oxygens (including phenoxy) is 1. The van der Waals surface area contributed by atoms with E-state index in [-0.39, 0.29) is 11.8 Å². The molecule has 1 atom stereocenters. The van der Waals surface area contributed by atoms with Crippen molar-refractivity contribution in [1.29, 1.82) is 0 Å². The molecule has 0 fully saturated rings. The molecule has 136 valence electrons. The Hall–Kier alpha value is -2.69. The predicted octanol–water partition coefficient (Wildman–Crippen LogP) is 3.70. The summed E-state index contributed by atoms with van der Waals surface area (Å²) in [5.74, 6) is -1.00. The quantitative estimate of drug-likeness (QED) is 0.833. The molecular formula is C21H24N2O3. The molecule has 5 heteroatoms. The maximum absolute atomic E-state index is 12.7. The van der Waals surface area contributed by atoms with Crippen LogP contribution in [0.2, 0.25) is 0 Å². The normalized spacial score (nSPS) is 14.0. The Kier molecular flexibility index (Phi) is 5.35. The van der Waals surface area contributed by atoms with E-state index in [1.807, 2.05) is 32.9 Å². The highest BCUT2D eigenvalue weighted by molar-refractivity contribution is 5.97. The third-order valence-electron chi connectivity index (χ3n) is 4.61. The van der Waals surface area contributed by atoms with E-state index in [9.17, 15) is 9.59 Å². The lowest BCUT2D eigenvalue weighted by Gasteiger charge is -2.21. The first-order valence-corrected chi connectivity index (χ1v) is 9.00. The molecule has 0 aliphatic heterocycles. The number of hydrogen-bond acceptors (Lipinski definition) is 4. The minimum Gasteiger partial charge on any atom is -0.448 e. The average molecular weight is 352 g/mol. The summed E-state index contributed by atoms with van der Waals surface area (Å²) in [5, 5.41) is 2.89. The van der Waals surface area contributed by atoms with Crippen molar-refractivity contribution < 1.29 is 14.3 Å². The largest absolute Gasteiger partial charge is 0.448 e. The summed E-state index contributed by atoms with van der Waals surface area (Å²) in [4.78, 5) is 29.1. The highest BCUT2D eigenvalue weighted by atomic mass is 16.5. The molecule has 3 rings (SSSR count). The van der Waals surface area contributed by atoms with Gasteiger partial charge in [0.15, 0.2) is 6.10 Å². The molecule has 1 amide bonds. The lowest BCUT2D eigenvalue weighted by molar-refractivity contribution is -0.126. The molecule has 1 aromatic carbocycles. The van der Waals surface area contributed by atoms with Gasteiger partial charge >= 0.3 is 5.97 Å². The van der Waals surface area contributed by atoms with E-state index in [0.717, 1.165) is 30.6 Å². The highest BCUT2D eigenvalue weighted by Crippen LogP contribution is 2.25. The van der Waals surface area contributed by atoms with Crippen molar-refractivity contribution in [2.75, 3.05) is 5.32 Å². The molecular weight excluding hydrogens is 328 g/mol. The molecule has 1 N–H and O–H groups in total. The molecule has 5 nitrogen and oxygen atoms in total. The molecule has 0 bridgehead atoms. The van der Waals surface area contributed by atoms with E-state index < -0.39 is 12.1 Å². The number of benzene rings is 1. The van der Waals surface area contributed by atoms with Crippen LogP contribution in [-0.2, 0) is 22.4 Å². The minimum atomic E-state index is -0.864. The van der Waals surface area contributed by atoms with Gasteiger partial charge in [-0.3, -0.25) is 9.78 Å². The average Bonchev–Trinajstić information content (AvgIpc) is 3.07. The Labute approximate surface area is 153 Å². The number of amides is 1. The molecule has 0 saturated carbocycles. The number of pyridine rings is 1. The molecule has 26 heavy (non-hydrogen) atoms. The van der Waals surface area contributed by atoms with Crippen LogP contribution < -0.4 is 5.32 Å². The van der Waals surface area contributed by atoms with Crippen LogP contribution in [0, 0.1) is 12.8 Å². The minimum absolute atomic E-state index is 0.146. The fourth-order valence-corrected chi connectivity index (χ4v) is 3.13. The summed E-state index contributed by atoms with van der Waals surface area (Å²) in [6.07, 6.45) is 3.90. The van der Waals surface area contributed by atoms with Crippen molar-refractivity contribution in [3.05, 3.63) is 58.9 Å². The first-order chi connectivity index (χ1) is 12.4. The predicted molar refractivity (Wildman–Crippen MR) is 100 cm³/mol. The number of hydrogen-bond donors (Lipinski definition) is 1. The van der Waals surface area contributed by atoms with Gasteiger partial charge in [0, 0.05) is 17.6 Å². The lowest BCUT2D eigenvalue weighted by atomic mass is 10.1. The van der Waals surface area contributed by atoms with Crippen LogP contribution in [0.4, 0.5) is 5.69 Å². The van der Waals surface area contributed by atoms with Gasteiger partial charge < -0.3 is 10.1 Å². The van der Waals surface area contributed by atoms with Crippen LogP contribution in [0.25, 0.3) is 0 Å². The Balaban J connectivity index is 1.69. The van der Waals surface area contributed by atoms with Gasteiger partial charge in [0.2, 0.25) is 0 Å². The first kappa shape index (κ1) is 18.1. The monoisotopic (exact) mass is 352 g/mol. The van der Waals surface area contributed by atoms with Crippen molar-refractivity contribution in [3.63, 3.8) is 0 Å². The highest BCUT2D eigenvalue weighted by Gasteiger charge is 2.27. The van der Waals surface area contributed by atoms with E-state index in [4.69, 9.17) is 4.74 Å². The zero-order valence-corrected chi connectivity index (χ0v) is 15.4. The number of esters is 1. The summed E-state index contributed by atoms with van der Waals surface area (Å²) in [6.45, 7) is 5.55. The summed E-state index contributed by atoms with van der Waals surface area (Å²) in [6, 6.07) is 9.38. The maximum Gasteiger partial charge on any atom is 0.340 e. The molecule has 1 aliphatic carbocycles. The molecule has 1 aliphatic rings. The van der Waals surface area contributed by atoms with Gasteiger partial charge in [0.05, 0.1) is 5.56 Å². The van der Waals surface area contributed by atoms with Gasteiger partial charge in [-0.15, -0.1) is 0 Å². The Bertz CT molecular complexity index is 813. The summed E-state index contributed by atoms with van der Waals surface area (Å²) >= 11 is 0. The summed E-state index contributed by atoms with van der Waals surface area (Å²) in [5.41, 5.74) is 4.53. The van der Waals surface area contributed by atoms with E-state index in [1.54, 1.807) is 12.1 Å². The van der Waals surface area contributed by atoms with E-state index in [2.05, 4.69) is 16.4 Å². The molecule has 0 unspecified atom stereocenters. The van der Waals surface area contributed by atoms with Gasteiger partial charge in [-0.05, 0) is 67.5 Å². The van der Waals surface area contributed by atoms with Gasteiger partial charge in [-0.1, -0.05) is 19.9 Å². The van der Waals surface area contributed by atoms with Crippen LogP contribution in [0.15, 0.2) is 36.5 Å². The van der Waals surface area contributed by atoms with Gasteiger partial charge in [-0.2, -0.15) is 0 Å². The first-order valence-electron chi connectivity index (χ1n) is 9.00. The second-order valence-corrected chi connectivity index (χ2v) is 7.08. The lowest BCUT2D eigenvalue weighted by Crippen LogP contribution is -2.36. The van der Waals surface area contributed by atoms with E-state index in [0.29, 0.717) is 5.56 Å². The van der Waals surface area contributed by atoms with Gasteiger partial charge in [-0.25, -0.2) is 4.79 Å². The van der Waals surface area contributed by atoms with Crippen LogP contribution >= 0.6 is 0 Å². The van der Waals surface area contributed by atoms with E-state index >= 15 is 0 Å². The number of fused-ring (bicyclic) bond motifs is 1. The van der Waals surface area contributed by atoms with Crippen LogP contribution in [0.5, 0.6) is 0 Å². The molecule has 2 aromatic rings. The summed E-state index contributed by atoms with van der Waals surface area (Å²) in [7, 11) is 0. The molecule has 1 aromatic heterocycles. The van der Waals surface area contributed by atoms with Crippen LogP contribution in [-0.4, -0.2) is 23.0 Å². The SMILES string of the molecule is Cc1ccc(C(=O)O[C@H](C(=O)Nc2ccc3c(c2)CCC3)C(C)C)cn1. The number of anilines is 1. The zero-order chi connectivity index (χ0) is 18.7. The maximum atomic E-state index is 12.7. The van der Waals surface area contributed by atoms with Crippen LogP contribution in [0.1, 0.15) is 47.4 Å². The third kappa shape index (κ3) is 4.10. The number of nitrogens with zero attached hydrogens (tertiary/aromatic N) is 1. The number of aryl methyl sites for hydroxylation is 3. The fraction of sp³-hybridized carbons (Fsp3) is 0.381. The molecule has 0 radical (unpaired) electrons.